The molecule has 6 nitrogen and oxygen atoms in total. The summed E-state index contributed by atoms with van der Waals surface area (Å²) >= 11 is 0. The summed E-state index contributed by atoms with van der Waals surface area (Å²) in [6.07, 6.45) is 5.33. The number of hydrazine groups is 1. The van der Waals surface area contributed by atoms with Crippen molar-refractivity contribution in [2.45, 2.75) is 44.4 Å². The number of hydrogen-bond donors (Lipinski definition) is 2. The van der Waals surface area contributed by atoms with Gasteiger partial charge in [-0.2, -0.15) is 0 Å². The highest BCUT2D eigenvalue weighted by molar-refractivity contribution is 4.98. The van der Waals surface area contributed by atoms with Gasteiger partial charge >= 0.3 is 0 Å². The molecule has 1 aliphatic heterocycles. The van der Waals surface area contributed by atoms with E-state index in [-0.39, 0.29) is 12.1 Å². The topological polar surface area (TPSA) is 78.0 Å². The van der Waals surface area contributed by atoms with Gasteiger partial charge in [-0.3, -0.25) is 16.0 Å². The number of nitrogens with two attached hydrogens (primary N) is 1. The fourth-order valence-electron chi connectivity index (χ4n) is 2.14. The first-order chi connectivity index (χ1) is 7.69. The Kier molecular flexibility index (Phi) is 3.52. The van der Waals surface area contributed by atoms with Crippen LogP contribution in [0.2, 0.25) is 0 Å². The van der Waals surface area contributed by atoms with Gasteiger partial charge in [0.25, 0.3) is 0 Å². The molecular formula is C10H19N5O. The molecule has 1 saturated heterocycles. The van der Waals surface area contributed by atoms with Crippen LogP contribution in [0, 0.1) is 0 Å². The van der Waals surface area contributed by atoms with Crippen LogP contribution < -0.4 is 11.3 Å². The third-order valence-electron chi connectivity index (χ3n) is 3.01. The molecule has 16 heavy (non-hydrogen) atoms. The zero-order chi connectivity index (χ0) is 11.5. The number of nitrogens with one attached hydrogen (secondary N) is 1. The van der Waals surface area contributed by atoms with Gasteiger partial charge in [0.15, 0.2) is 0 Å². The Bertz CT molecular complexity index is 340. The van der Waals surface area contributed by atoms with Crippen LogP contribution in [0.3, 0.4) is 0 Å². The minimum absolute atomic E-state index is 0.113. The number of hydrogen-bond acceptors (Lipinski definition) is 5. The van der Waals surface area contributed by atoms with Crippen LogP contribution in [0.25, 0.3) is 0 Å². The van der Waals surface area contributed by atoms with Crippen molar-refractivity contribution in [3.8, 4) is 0 Å². The number of nitrogens with zero attached hydrogens (tertiary/aromatic N) is 3. The average Bonchev–Trinajstić information content (AvgIpc) is 2.84. The molecule has 3 unspecified atom stereocenters. The van der Waals surface area contributed by atoms with Gasteiger partial charge in [-0.25, -0.2) is 0 Å². The molecule has 0 amide bonds. The number of aromatic nitrogens is 3. The minimum atomic E-state index is 0.113. The molecule has 0 saturated carbocycles. The standard InChI is InChI=1S/C10H19N5O/c1-7-3-4-10(16-7)9(12-11)5-8-6-15(2)14-13-8/h6-7,9-10,12H,3-5,11H2,1-2H3. The van der Waals surface area contributed by atoms with E-state index in [1.54, 1.807) is 4.68 Å². The van der Waals surface area contributed by atoms with Crippen LogP contribution in [0.15, 0.2) is 6.20 Å². The second-order valence-corrected chi connectivity index (χ2v) is 4.42. The van der Waals surface area contributed by atoms with Gasteiger partial charge in [0, 0.05) is 19.7 Å². The molecule has 1 fully saturated rings. The Morgan fingerprint density at radius 3 is 3.00 bits per heavy atom. The second kappa shape index (κ2) is 4.90. The second-order valence-electron chi connectivity index (χ2n) is 4.42. The Hall–Kier alpha value is -0.980. The number of aryl methyl sites for hydroxylation is 1. The minimum Gasteiger partial charge on any atom is -0.374 e. The van der Waals surface area contributed by atoms with E-state index in [0.717, 1.165) is 25.0 Å². The van der Waals surface area contributed by atoms with Gasteiger partial charge in [0.05, 0.1) is 23.9 Å². The van der Waals surface area contributed by atoms with Gasteiger partial charge in [-0.15, -0.1) is 5.10 Å². The van der Waals surface area contributed by atoms with Crippen LogP contribution in [-0.2, 0) is 18.2 Å². The third-order valence-corrected chi connectivity index (χ3v) is 3.01. The van der Waals surface area contributed by atoms with Crippen LogP contribution in [0.4, 0.5) is 0 Å². The molecule has 1 aromatic heterocycles. The molecule has 3 N–H and O–H groups in total. The molecule has 2 heterocycles. The third kappa shape index (κ3) is 2.58. The Morgan fingerprint density at radius 2 is 2.50 bits per heavy atom. The first-order valence-corrected chi connectivity index (χ1v) is 5.66. The monoisotopic (exact) mass is 225 g/mol. The first-order valence-electron chi connectivity index (χ1n) is 5.66. The van der Waals surface area contributed by atoms with E-state index in [0.29, 0.717) is 6.10 Å². The summed E-state index contributed by atoms with van der Waals surface area (Å²) in [6.45, 7) is 2.09. The van der Waals surface area contributed by atoms with E-state index in [9.17, 15) is 0 Å². The quantitative estimate of drug-likeness (QED) is 0.546. The van der Waals surface area contributed by atoms with Crippen molar-refractivity contribution in [3.05, 3.63) is 11.9 Å². The van der Waals surface area contributed by atoms with Gasteiger partial charge in [0.2, 0.25) is 0 Å². The highest BCUT2D eigenvalue weighted by Crippen LogP contribution is 2.22. The van der Waals surface area contributed by atoms with Crippen LogP contribution in [-0.4, -0.2) is 33.2 Å². The lowest BCUT2D eigenvalue weighted by atomic mass is 10.0. The van der Waals surface area contributed by atoms with Gasteiger partial charge in [-0.05, 0) is 19.8 Å². The van der Waals surface area contributed by atoms with E-state index >= 15 is 0 Å². The van der Waals surface area contributed by atoms with Crippen molar-refractivity contribution < 1.29 is 4.74 Å². The Morgan fingerprint density at radius 1 is 1.69 bits per heavy atom. The average molecular weight is 225 g/mol. The molecule has 3 atom stereocenters. The van der Waals surface area contributed by atoms with Crippen LogP contribution in [0.1, 0.15) is 25.5 Å². The van der Waals surface area contributed by atoms with Crippen molar-refractivity contribution in [2.75, 3.05) is 0 Å². The normalized spacial score (nSPS) is 27.2. The van der Waals surface area contributed by atoms with Crippen LogP contribution in [0.5, 0.6) is 0 Å². The lowest BCUT2D eigenvalue weighted by Crippen LogP contribution is -2.45. The molecule has 0 bridgehead atoms. The largest absolute Gasteiger partial charge is 0.374 e. The van der Waals surface area contributed by atoms with E-state index in [2.05, 4.69) is 22.7 Å². The molecule has 0 aliphatic carbocycles. The highest BCUT2D eigenvalue weighted by Gasteiger charge is 2.29. The summed E-state index contributed by atoms with van der Waals surface area (Å²) in [4.78, 5) is 0. The lowest BCUT2D eigenvalue weighted by molar-refractivity contribution is 0.0318. The molecular weight excluding hydrogens is 206 g/mol. The summed E-state index contributed by atoms with van der Waals surface area (Å²) in [5.74, 6) is 5.57. The zero-order valence-corrected chi connectivity index (χ0v) is 9.76. The lowest BCUT2D eigenvalue weighted by Gasteiger charge is -2.21. The van der Waals surface area contributed by atoms with Crippen molar-refractivity contribution in [2.24, 2.45) is 12.9 Å². The number of rotatable bonds is 4. The maximum absolute atomic E-state index is 5.80. The van der Waals surface area contributed by atoms with Gasteiger partial charge < -0.3 is 4.74 Å². The smallest absolute Gasteiger partial charge is 0.0844 e. The van der Waals surface area contributed by atoms with Crippen molar-refractivity contribution >= 4 is 0 Å². The maximum Gasteiger partial charge on any atom is 0.0844 e. The van der Waals surface area contributed by atoms with Gasteiger partial charge in [0.1, 0.15) is 0 Å². The fourth-order valence-corrected chi connectivity index (χ4v) is 2.14. The summed E-state index contributed by atoms with van der Waals surface area (Å²) < 4.78 is 7.49. The van der Waals surface area contributed by atoms with Crippen molar-refractivity contribution in [1.82, 2.24) is 20.4 Å². The SMILES string of the molecule is CC1CCC(C(Cc2cn(C)nn2)NN)O1. The molecule has 0 radical (unpaired) electrons. The summed E-state index contributed by atoms with van der Waals surface area (Å²) in [6, 6.07) is 0.113. The predicted octanol–water partition coefficient (Wildman–Crippen LogP) is -0.243. The van der Waals surface area contributed by atoms with Gasteiger partial charge in [-0.1, -0.05) is 5.21 Å². The maximum atomic E-state index is 5.80. The van der Waals surface area contributed by atoms with Crippen molar-refractivity contribution in [3.63, 3.8) is 0 Å². The van der Waals surface area contributed by atoms with E-state index in [1.165, 1.54) is 0 Å². The van der Waals surface area contributed by atoms with E-state index < -0.39 is 0 Å². The predicted molar refractivity (Wildman–Crippen MR) is 59.4 cm³/mol. The molecule has 1 aromatic rings. The Labute approximate surface area is 95.1 Å². The fraction of sp³-hybridized carbons (Fsp3) is 0.800. The highest BCUT2D eigenvalue weighted by atomic mass is 16.5. The van der Waals surface area contributed by atoms with E-state index in [1.807, 2.05) is 13.2 Å². The summed E-state index contributed by atoms with van der Waals surface area (Å²) in [5, 5.41) is 7.96. The first kappa shape index (κ1) is 11.5. The summed E-state index contributed by atoms with van der Waals surface area (Å²) in [5.41, 5.74) is 3.76. The summed E-state index contributed by atoms with van der Waals surface area (Å²) in [7, 11) is 1.86. The number of ether oxygens (including phenoxy) is 1. The van der Waals surface area contributed by atoms with Crippen molar-refractivity contribution in [1.29, 1.82) is 0 Å². The molecule has 0 aromatic carbocycles. The Balaban J connectivity index is 1.95. The van der Waals surface area contributed by atoms with Crippen LogP contribution >= 0.6 is 0 Å². The molecule has 0 spiro atoms. The molecule has 1 aliphatic rings. The zero-order valence-electron chi connectivity index (χ0n) is 9.76. The molecule has 90 valence electrons. The molecule has 2 rings (SSSR count). The van der Waals surface area contributed by atoms with E-state index in [4.69, 9.17) is 10.6 Å². The molecule has 6 heteroatoms.